The van der Waals surface area contributed by atoms with Crippen molar-refractivity contribution >= 4 is 71.6 Å². The van der Waals surface area contributed by atoms with Gasteiger partial charge in [-0.15, -0.1) is 0 Å². The van der Waals surface area contributed by atoms with Gasteiger partial charge in [0, 0.05) is 0 Å². The average molecular weight is 867 g/mol. The Morgan fingerprint density at radius 2 is 0.500 bits per heavy atom. The molecule has 0 fully saturated rings. The van der Waals surface area contributed by atoms with Gasteiger partial charge in [-0.25, -0.2) is 0 Å². The predicted molar refractivity (Wildman–Crippen MR) is 190 cm³/mol. The molecule has 0 amide bonds. The molecule has 0 saturated carbocycles. The summed E-state index contributed by atoms with van der Waals surface area (Å²) in [5.41, 5.74) is 0. The smallest absolute Gasteiger partial charge is 0.307 e. The Morgan fingerprint density at radius 3 is 0.700 bits per heavy atom. The average Bonchev–Trinajstić information content (AvgIpc) is 3.12. The minimum atomic E-state index is -2.47. The van der Waals surface area contributed by atoms with E-state index in [4.69, 9.17) is 28.4 Å². The number of aliphatic carboxylic acids is 6. The number of carboxylic acid groups (broad SMARTS) is 6. The second-order valence-corrected chi connectivity index (χ2v) is 14.0. The second-order valence-electron chi connectivity index (χ2n) is 14.0. The van der Waals surface area contributed by atoms with Gasteiger partial charge in [0.25, 0.3) is 0 Å². The maximum atomic E-state index is 13.3. The van der Waals surface area contributed by atoms with Crippen molar-refractivity contribution in [2.24, 2.45) is 35.5 Å². The van der Waals surface area contributed by atoms with Crippen molar-refractivity contribution in [2.75, 3.05) is 13.2 Å². The van der Waals surface area contributed by atoms with Gasteiger partial charge in [0.05, 0.1) is 74.0 Å². The molecule has 0 spiro atoms. The van der Waals surface area contributed by atoms with Crippen LogP contribution in [0, 0.1) is 35.5 Å². The Labute approximate surface area is 341 Å². The fraction of sp³-hybridized carbons (Fsp3) is 0.667. The van der Waals surface area contributed by atoms with E-state index in [0.717, 1.165) is 41.5 Å². The number of carbonyl (C=O) groups is 12. The first-order valence-corrected chi connectivity index (χ1v) is 18.1. The number of ether oxygens (including phenoxy) is 6. The van der Waals surface area contributed by atoms with Crippen molar-refractivity contribution in [3.05, 3.63) is 0 Å². The van der Waals surface area contributed by atoms with E-state index >= 15 is 0 Å². The summed E-state index contributed by atoms with van der Waals surface area (Å²) in [5, 5.41) is 56.1. The molecule has 0 aliphatic heterocycles. The van der Waals surface area contributed by atoms with Crippen LogP contribution in [0.2, 0.25) is 0 Å². The van der Waals surface area contributed by atoms with Crippen molar-refractivity contribution in [1.82, 2.24) is 0 Å². The quantitative estimate of drug-likeness (QED) is 0.0437. The van der Waals surface area contributed by atoms with Crippen LogP contribution in [0.5, 0.6) is 0 Å². The minimum Gasteiger partial charge on any atom is -0.481 e. The van der Waals surface area contributed by atoms with Gasteiger partial charge in [-0.3, -0.25) is 57.5 Å². The molecule has 24 nitrogen and oxygen atoms in total. The Morgan fingerprint density at radius 1 is 0.317 bits per heavy atom. The third-order valence-corrected chi connectivity index (χ3v) is 8.34. The summed E-state index contributed by atoms with van der Waals surface area (Å²) in [6.45, 7) is 3.94. The Kier molecular flexibility index (Phi) is 23.1. The number of carbonyl (C=O) groups excluding carboxylic acids is 6. The van der Waals surface area contributed by atoms with Crippen LogP contribution >= 0.6 is 0 Å². The van der Waals surface area contributed by atoms with Crippen LogP contribution < -0.4 is 0 Å². The van der Waals surface area contributed by atoms with Crippen LogP contribution in [0.4, 0.5) is 0 Å². The second kappa shape index (κ2) is 25.9. The third-order valence-electron chi connectivity index (χ3n) is 8.34. The van der Waals surface area contributed by atoms with E-state index in [1.807, 2.05) is 0 Å². The molecular formula is C36H50O24. The van der Waals surface area contributed by atoms with Gasteiger partial charge in [-0.05, 0) is 0 Å². The molecule has 10 unspecified atom stereocenters. The highest BCUT2D eigenvalue weighted by Gasteiger charge is 2.46. The highest BCUT2D eigenvalue weighted by Crippen LogP contribution is 2.25. The summed E-state index contributed by atoms with van der Waals surface area (Å²) >= 11 is 0. The largest absolute Gasteiger partial charge is 0.481 e. The summed E-state index contributed by atoms with van der Waals surface area (Å²) in [7, 11) is 0. The van der Waals surface area contributed by atoms with E-state index in [1.165, 1.54) is 0 Å². The number of hydrogen-bond donors (Lipinski definition) is 6. The standard InChI is InChI=1S/C36H50O24/c1-15(31(43)44)7-23(37)55-13-21(57-25(39)9-17(3)33(47)48)29(59-27(41)11-19(5)35(51)52)30(60-28(42)12-20(6)36(53)54)22(58-26(40)10-18(4)34(49)50)14-56-24(38)8-16(2)32(45)46/h15-22,29-30H,7-14H2,1-6H3,(H,43,44)(H,45,46)(H,47,48)(H,49,50)(H,51,52)(H,53,54). The van der Waals surface area contributed by atoms with Crippen LogP contribution in [0.3, 0.4) is 0 Å². The van der Waals surface area contributed by atoms with E-state index in [1.54, 1.807) is 0 Å². The SMILES string of the molecule is CC(CC(=O)OCC(OC(=O)CC(C)C(=O)O)C(OC(=O)CC(C)C(=O)O)C(OC(=O)CC(C)C(=O)O)C(COC(=O)CC(C)C(=O)O)OC(=O)CC(C)C(=O)O)C(=O)O. The van der Waals surface area contributed by atoms with Crippen LogP contribution in [0.25, 0.3) is 0 Å². The molecule has 0 rings (SSSR count). The zero-order valence-corrected chi connectivity index (χ0v) is 33.5. The van der Waals surface area contributed by atoms with Gasteiger partial charge >= 0.3 is 71.6 Å². The molecule has 0 aromatic carbocycles. The fourth-order valence-corrected chi connectivity index (χ4v) is 4.43. The lowest BCUT2D eigenvalue weighted by Crippen LogP contribution is -2.55. The monoisotopic (exact) mass is 866 g/mol. The molecule has 0 aliphatic carbocycles. The van der Waals surface area contributed by atoms with Gasteiger partial charge in [0.2, 0.25) is 0 Å². The molecule has 0 aromatic rings. The van der Waals surface area contributed by atoms with E-state index < -0.39 is 183 Å². The van der Waals surface area contributed by atoms with E-state index in [-0.39, 0.29) is 0 Å². The molecule has 0 radical (unpaired) electrons. The molecule has 0 heterocycles. The maximum absolute atomic E-state index is 13.3. The van der Waals surface area contributed by atoms with E-state index in [9.17, 15) is 88.2 Å². The van der Waals surface area contributed by atoms with Crippen LogP contribution in [-0.4, -0.2) is 140 Å². The lowest BCUT2D eigenvalue weighted by molar-refractivity contribution is -0.210. The van der Waals surface area contributed by atoms with Crippen molar-refractivity contribution in [3.63, 3.8) is 0 Å². The number of carboxylic acids is 6. The summed E-state index contributed by atoms with van der Waals surface area (Å²) in [6.07, 6.45) is -15.0. The van der Waals surface area contributed by atoms with E-state index in [0.29, 0.717) is 0 Å². The first kappa shape index (κ1) is 53.6. The zero-order valence-electron chi connectivity index (χ0n) is 33.5. The number of esters is 6. The normalized spacial score (nSPS) is 15.9. The van der Waals surface area contributed by atoms with Gasteiger partial charge in [0.1, 0.15) is 13.2 Å². The van der Waals surface area contributed by atoms with Crippen LogP contribution in [0.1, 0.15) is 80.1 Å². The molecule has 0 bridgehead atoms. The maximum Gasteiger partial charge on any atom is 0.307 e. The first-order chi connectivity index (χ1) is 27.7. The molecule has 338 valence electrons. The summed E-state index contributed by atoms with van der Waals surface area (Å²) in [6, 6.07) is 0. The van der Waals surface area contributed by atoms with Crippen LogP contribution in [-0.2, 0) is 86.0 Å². The first-order valence-electron chi connectivity index (χ1n) is 18.1. The summed E-state index contributed by atoms with van der Waals surface area (Å²) in [4.78, 5) is 148. The summed E-state index contributed by atoms with van der Waals surface area (Å²) in [5.74, 6) is -26.1. The minimum absolute atomic E-state index is 0.815. The zero-order chi connectivity index (χ0) is 46.6. The Hall–Kier alpha value is -6.36. The molecule has 6 N–H and O–H groups in total. The lowest BCUT2D eigenvalue weighted by atomic mass is 10.0. The Balaban J connectivity index is 7.88. The number of hydrogen-bond acceptors (Lipinski definition) is 18. The van der Waals surface area contributed by atoms with Crippen LogP contribution in [0.15, 0.2) is 0 Å². The van der Waals surface area contributed by atoms with Crippen molar-refractivity contribution in [3.8, 4) is 0 Å². The molecule has 0 saturated heterocycles. The molecule has 60 heavy (non-hydrogen) atoms. The highest BCUT2D eigenvalue weighted by molar-refractivity contribution is 5.82. The third kappa shape index (κ3) is 20.9. The van der Waals surface area contributed by atoms with Gasteiger partial charge < -0.3 is 59.1 Å². The molecule has 10 atom stereocenters. The highest BCUT2D eigenvalue weighted by atomic mass is 16.6. The van der Waals surface area contributed by atoms with Gasteiger partial charge in [-0.1, -0.05) is 41.5 Å². The molecular weight excluding hydrogens is 816 g/mol. The fourth-order valence-electron chi connectivity index (χ4n) is 4.43. The van der Waals surface area contributed by atoms with E-state index in [2.05, 4.69) is 0 Å². The topological polar surface area (TPSA) is 382 Å². The van der Waals surface area contributed by atoms with Crippen molar-refractivity contribution in [1.29, 1.82) is 0 Å². The molecule has 24 heteroatoms. The predicted octanol–water partition coefficient (Wildman–Crippen LogP) is 0.385. The Bertz CT molecular complexity index is 1490. The number of rotatable bonds is 29. The van der Waals surface area contributed by atoms with Gasteiger partial charge in [0.15, 0.2) is 24.4 Å². The lowest BCUT2D eigenvalue weighted by Gasteiger charge is -2.36. The van der Waals surface area contributed by atoms with Crippen molar-refractivity contribution in [2.45, 2.75) is 104 Å². The molecule has 0 aromatic heterocycles. The molecule has 0 aliphatic rings. The summed E-state index contributed by atoms with van der Waals surface area (Å²) < 4.78 is 31.8. The van der Waals surface area contributed by atoms with Gasteiger partial charge in [-0.2, -0.15) is 0 Å². The van der Waals surface area contributed by atoms with Crippen molar-refractivity contribution < 1.29 is 117 Å².